The average molecular weight is 296 g/mol. The maximum atomic E-state index is 11.8. The van der Waals surface area contributed by atoms with E-state index in [0.29, 0.717) is 25.2 Å². The van der Waals surface area contributed by atoms with Crippen LogP contribution in [0.4, 0.5) is 0 Å². The Hall–Kier alpha value is -1.66. The first-order valence-electron chi connectivity index (χ1n) is 6.37. The first-order chi connectivity index (χ1) is 9.49. The van der Waals surface area contributed by atoms with Crippen LogP contribution in [0.3, 0.4) is 0 Å². The van der Waals surface area contributed by atoms with E-state index in [1.165, 1.54) is 6.26 Å². The van der Waals surface area contributed by atoms with Gasteiger partial charge in [0.15, 0.2) is 0 Å². The SMILES string of the molecule is CS(=O)(=O)CCNCCNC(=O)C1=C/C=C\C=C/C=C1. The zero-order valence-corrected chi connectivity index (χ0v) is 12.3. The largest absolute Gasteiger partial charge is 0.351 e. The molecule has 1 amide bonds. The number of hydrogen-bond acceptors (Lipinski definition) is 4. The fraction of sp³-hybridized carbons (Fsp3) is 0.357. The van der Waals surface area contributed by atoms with Gasteiger partial charge in [-0.15, -0.1) is 0 Å². The highest BCUT2D eigenvalue weighted by Crippen LogP contribution is 2.01. The summed E-state index contributed by atoms with van der Waals surface area (Å²) < 4.78 is 21.8. The number of hydrogen-bond donors (Lipinski definition) is 2. The molecule has 110 valence electrons. The summed E-state index contributed by atoms with van der Waals surface area (Å²) in [6.45, 7) is 1.38. The molecule has 0 aromatic heterocycles. The molecule has 0 bridgehead atoms. The predicted molar refractivity (Wildman–Crippen MR) is 81.1 cm³/mol. The van der Waals surface area contributed by atoms with Crippen LogP contribution in [0.25, 0.3) is 0 Å². The first kappa shape index (κ1) is 16.4. The van der Waals surface area contributed by atoms with Crippen molar-refractivity contribution in [3.8, 4) is 0 Å². The summed E-state index contributed by atoms with van der Waals surface area (Å²) >= 11 is 0. The van der Waals surface area contributed by atoms with E-state index in [2.05, 4.69) is 10.6 Å². The van der Waals surface area contributed by atoms with Crippen LogP contribution in [0.1, 0.15) is 0 Å². The molecular weight excluding hydrogens is 276 g/mol. The highest BCUT2D eigenvalue weighted by molar-refractivity contribution is 7.90. The summed E-state index contributed by atoms with van der Waals surface area (Å²) in [6.07, 6.45) is 13.9. The quantitative estimate of drug-likeness (QED) is 0.665. The molecule has 0 unspecified atom stereocenters. The predicted octanol–water partition coefficient (Wildman–Crippen LogP) is 0.345. The Morgan fingerprint density at radius 1 is 1.05 bits per heavy atom. The van der Waals surface area contributed by atoms with Gasteiger partial charge in [-0.25, -0.2) is 8.42 Å². The molecule has 2 N–H and O–H groups in total. The lowest BCUT2D eigenvalue weighted by molar-refractivity contribution is -0.117. The van der Waals surface area contributed by atoms with Crippen molar-refractivity contribution < 1.29 is 13.2 Å². The van der Waals surface area contributed by atoms with Gasteiger partial charge in [0.2, 0.25) is 0 Å². The summed E-state index contributed by atoms with van der Waals surface area (Å²) in [5.41, 5.74) is 0.585. The number of nitrogens with one attached hydrogen (secondary N) is 2. The molecule has 5 nitrogen and oxygen atoms in total. The van der Waals surface area contributed by atoms with Crippen molar-refractivity contribution in [1.82, 2.24) is 10.6 Å². The zero-order chi connectivity index (χ0) is 14.8. The van der Waals surface area contributed by atoms with Crippen molar-refractivity contribution in [1.29, 1.82) is 0 Å². The Morgan fingerprint density at radius 2 is 1.75 bits per heavy atom. The second-order valence-electron chi connectivity index (χ2n) is 4.39. The Bertz CT molecular complexity index is 543. The fourth-order valence-corrected chi connectivity index (χ4v) is 1.98. The number of sulfone groups is 1. The minimum absolute atomic E-state index is 0.103. The van der Waals surface area contributed by atoms with Crippen LogP contribution in [0.5, 0.6) is 0 Å². The molecular formula is C14H20N2O3S. The monoisotopic (exact) mass is 296 g/mol. The summed E-state index contributed by atoms with van der Waals surface area (Å²) in [6, 6.07) is 0. The molecule has 0 aromatic carbocycles. The lowest BCUT2D eigenvalue weighted by Gasteiger charge is -2.07. The summed E-state index contributed by atoms with van der Waals surface area (Å²) in [7, 11) is -2.93. The Morgan fingerprint density at radius 3 is 2.50 bits per heavy atom. The summed E-state index contributed by atoms with van der Waals surface area (Å²) in [4.78, 5) is 11.8. The smallest absolute Gasteiger partial charge is 0.251 e. The van der Waals surface area contributed by atoms with Gasteiger partial charge in [0.1, 0.15) is 9.84 Å². The van der Waals surface area contributed by atoms with Crippen LogP contribution in [0, 0.1) is 0 Å². The van der Waals surface area contributed by atoms with Crippen molar-refractivity contribution in [2.75, 3.05) is 31.6 Å². The van der Waals surface area contributed by atoms with Crippen molar-refractivity contribution in [3.63, 3.8) is 0 Å². The number of carbonyl (C=O) groups excluding carboxylic acids is 1. The van der Waals surface area contributed by atoms with E-state index in [9.17, 15) is 13.2 Å². The second kappa shape index (κ2) is 8.50. The lowest BCUT2D eigenvalue weighted by atomic mass is 10.1. The third kappa shape index (κ3) is 7.70. The lowest BCUT2D eigenvalue weighted by Crippen LogP contribution is -2.34. The second-order valence-corrected chi connectivity index (χ2v) is 6.65. The highest BCUT2D eigenvalue weighted by atomic mass is 32.2. The zero-order valence-electron chi connectivity index (χ0n) is 11.5. The third-order valence-corrected chi connectivity index (χ3v) is 3.44. The van der Waals surface area contributed by atoms with Gasteiger partial charge in [0.05, 0.1) is 5.75 Å². The third-order valence-electron chi connectivity index (χ3n) is 2.50. The number of allylic oxidation sites excluding steroid dienone is 6. The van der Waals surface area contributed by atoms with Gasteiger partial charge in [0, 0.05) is 31.5 Å². The van der Waals surface area contributed by atoms with Gasteiger partial charge < -0.3 is 10.6 Å². The number of rotatable bonds is 7. The molecule has 0 radical (unpaired) electrons. The highest BCUT2D eigenvalue weighted by Gasteiger charge is 2.05. The van der Waals surface area contributed by atoms with E-state index < -0.39 is 9.84 Å². The molecule has 1 aliphatic carbocycles. The van der Waals surface area contributed by atoms with Crippen LogP contribution in [0.2, 0.25) is 0 Å². The van der Waals surface area contributed by atoms with Crippen LogP contribution >= 0.6 is 0 Å². The van der Waals surface area contributed by atoms with E-state index >= 15 is 0 Å². The molecule has 0 fully saturated rings. The van der Waals surface area contributed by atoms with E-state index in [0.717, 1.165) is 0 Å². The topological polar surface area (TPSA) is 75.3 Å². The Labute approximate surface area is 120 Å². The van der Waals surface area contributed by atoms with Gasteiger partial charge in [0.25, 0.3) is 5.91 Å². The molecule has 0 aliphatic heterocycles. The van der Waals surface area contributed by atoms with Crippen molar-refractivity contribution in [3.05, 3.63) is 48.1 Å². The van der Waals surface area contributed by atoms with Crippen molar-refractivity contribution in [2.24, 2.45) is 0 Å². The maximum Gasteiger partial charge on any atom is 0.251 e. The average Bonchev–Trinajstić information content (AvgIpc) is 2.31. The number of carbonyl (C=O) groups is 1. The molecule has 0 atom stereocenters. The van der Waals surface area contributed by atoms with Crippen LogP contribution in [-0.2, 0) is 14.6 Å². The normalized spacial score (nSPS) is 17.8. The minimum atomic E-state index is -2.93. The first-order valence-corrected chi connectivity index (χ1v) is 8.43. The molecule has 0 aromatic rings. The van der Waals surface area contributed by atoms with E-state index in [1.54, 1.807) is 24.3 Å². The molecule has 1 rings (SSSR count). The van der Waals surface area contributed by atoms with Gasteiger partial charge >= 0.3 is 0 Å². The molecule has 0 saturated heterocycles. The standard InChI is InChI=1S/C14H20N2O3S/c1-20(18,19)12-11-15-9-10-16-14(17)13-7-5-3-2-4-6-8-13/h2-8,15H,9-12H2,1H3,(H,16,17)/b3-2-,4-2?,5-3?,6-4-,7-5?,8-6?,13-7?,13-8?. The van der Waals surface area contributed by atoms with E-state index in [4.69, 9.17) is 0 Å². The van der Waals surface area contributed by atoms with E-state index in [-0.39, 0.29) is 11.7 Å². The van der Waals surface area contributed by atoms with Crippen LogP contribution in [0.15, 0.2) is 48.1 Å². The summed E-state index contributed by atoms with van der Waals surface area (Å²) in [5.74, 6) is -0.0440. The minimum Gasteiger partial charge on any atom is -0.351 e. The van der Waals surface area contributed by atoms with Gasteiger partial charge in [-0.05, 0) is 12.2 Å². The molecule has 6 heteroatoms. The fourth-order valence-electron chi connectivity index (χ4n) is 1.47. The molecule has 20 heavy (non-hydrogen) atoms. The Kier molecular flexibility index (Phi) is 6.97. The number of amides is 1. The Balaban J connectivity index is 2.23. The molecule has 0 saturated carbocycles. The van der Waals surface area contributed by atoms with Crippen molar-refractivity contribution >= 4 is 15.7 Å². The van der Waals surface area contributed by atoms with E-state index in [1.807, 2.05) is 18.2 Å². The molecule has 0 heterocycles. The van der Waals surface area contributed by atoms with Crippen LogP contribution < -0.4 is 10.6 Å². The van der Waals surface area contributed by atoms with Gasteiger partial charge in [-0.3, -0.25) is 4.79 Å². The summed E-state index contributed by atoms with van der Waals surface area (Å²) in [5, 5.41) is 5.74. The maximum absolute atomic E-state index is 11.8. The molecule has 0 spiro atoms. The van der Waals surface area contributed by atoms with Gasteiger partial charge in [-0.1, -0.05) is 30.4 Å². The molecule has 1 aliphatic rings. The van der Waals surface area contributed by atoms with Gasteiger partial charge in [-0.2, -0.15) is 0 Å². The van der Waals surface area contributed by atoms with Crippen molar-refractivity contribution in [2.45, 2.75) is 0 Å². The van der Waals surface area contributed by atoms with Crippen LogP contribution in [-0.4, -0.2) is 46.0 Å².